The van der Waals surface area contributed by atoms with E-state index in [-0.39, 0.29) is 12.5 Å². The topological polar surface area (TPSA) is 61.8 Å². The fourth-order valence-electron chi connectivity index (χ4n) is 3.33. The third-order valence-electron chi connectivity index (χ3n) is 4.52. The number of carbonyl (C=O) groups excluding carboxylic acids is 1. The molecule has 0 aliphatic carbocycles. The van der Waals surface area contributed by atoms with E-state index >= 15 is 0 Å². The highest BCUT2D eigenvalue weighted by atomic mass is 19.1. The van der Waals surface area contributed by atoms with Crippen molar-refractivity contribution < 1.29 is 19.0 Å². The van der Waals surface area contributed by atoms with Gasteiger partial charge in [0.05, 0.1) is 25.1 Å². The number of fused-ring (bicyclic) bond motifs is 1. The summed E-state index contributed by atoms with van der Waals surface area (Å²) in [6.07, 6.45) is 0. The number of anilines is 2. The molecular formula is C19H21FN2O3. The quantitative estimate of drug-likeness (QED) is 0.898. The van der Waals surface area contributed by atoms with Gasteiger partial charge in [0, 0.05) is 24.2 Å². The van der Waals surface area contributed by atoms with E-state index in [1.165, 1.54) is 19.2 Å². The van der Waals surface area contributed by atoms with Crippen molar-refractivity contribution in [1.82, 2.24) is 0 Å². The number of methoxy groups -OCH3 is 1. The Morgan fingerprint density at radius 1 is 1.24 bits per heavy atom. The summed E-state index contributed by atoms with van der Waals surface area (Å²) in [5, 5.41) is 13.2. The molecule has 3 rings (SSSR count). The minimum atomic E-state index is -0.733. The summed E-state index contributed by atoms with van der Waals surface area (Å²) < 4.78 is 18.8. The molecule has 0 spiro atoms. The molecule has 2 aromatic carbocycles. The number of aliphatic hydroxyl groups excluding tert-OH is 1. The van der Waals surface area contributed by atoms with E-state index in [0.717, 1.165) is 5.69 Å². The monoisotopic (exact) mass is 344 g/mol. The number of hydrogen-bond donors (Lipinski definition) is 2. The zero-order chi connectivity index (χ0) is 18.4. The Bertz CT molecular complexity index is 849. The van der Waals surface area contributed by atoms with Crippen LogP contribution in [-0.2, 0) is 11.4 Å². The van der Waals surface area contributed by atoms with Crippen LogP contribution in [-0.4, -0.2) is 30.7 Å². The number of amides is 1. The number of hydrogen-bond acceptors (Lipinski definition) is 4. The van der Waals surface area contributed by atoms with Crippen LogP contribution in [0.3, 0.4) is 0 Å². The highest BCUT2D eigenvalue weighted by molar-refractivity contribution is 6.08. The van der Waals surface area contributed by atoms with Gasteiger partial charge in [0.15, 0.2) is 0 Å². The molecule has 1 aliphatic rings. The van der Waals surface area contributed by atoms with Crippen molar-refractivity contribution in [3.63, 3.8) is 0 Å². The molecule has 1 amide bonds. The largest absolute Gasteiger partial charge is 0.496 e. The molecule has 25 heavy (non-hydrogen) atoms. The van der Waals surface area contributed by atoms with E-state index in [1.54, 1.807) is 18.0 Å². The molecule has 1 aliphatic heterocycles. The van der Waals surface area contributed by atoms with Crippen molar-refractivity contribution in [1.29, 1.82) is 0 Å². The van der Waals surface area contributed by atoms with Crippen LogP contribution in [0.4, 0.5) is 15.8 Å². The molecule has 1 heterocycles. The van der Waals surface area contributed by atoms with Gasteiger partial charge in [-0.25, -0.2) is 4.39 Å². The van der Waals surface area contributed by atoms with Gasteiger partial charge in [0.25, 0.3) is 5.91 Å². The zero-order valence-corrected chi connectivity index (χ0v) is 14.7. The molecule has 2 aromatic rings. The van der Waals surface area contributed by atoms with Gasteiger partial charge in [-0.05, 0) is 37.6 Å². The second-order valence-corrected chi connectivity index (χ2v) is 6.60. The molecule has 0 fully saturated rings. The van der Waals surface area contributed by atoms with Gasteiger partial charge >= 0.3 is 0 Å². The minimum absolute atomic E-state index is 0.0991. The first-order valence-electron chi connectivity index (χ1n) is 7.97. The van der Waals surface area contributed by atoms with E-state index in [0.29, 0.717) is 28.1 Å². The SMILES string of the molecule is COc1cc(F)ccc1-c1ccc2c(c1CO)N(C)C(=O)C(C)(C)N2. The maximum Gasteiger partial charge on any atom is 0.251 e. The molecular weight excluding hydrogens is 323 g/mol. The fourth-order valence-corrected chi connectivity index (χ4v) is 3.33. The number of halogens is 1. The third-order valence-corrected chi connectivity index (χ3v) is 4.52. The predicted molar refractivity (Wildman–Crippen MR) is 95.4 cm³/mol. The fraction of sp³-hybridized carbons (Fsp3) is 0.316. The first-order chi connectivity index (χ1) is 11.8. The lowest BCUT2D eigenvalue weighted by molar-refractivity contribution is -0.121. The van der Waals surface area contributed by atoms with Gasteiger partial charge in [0.1, 0.15) is 17.1 Å². The smallest absolute Gasteiger partial charge is 0.251 e. The van der Waals surface area contributed by atoms with Gasteiger partial charge in [-0.1, -0.05) is 6.07 Å². The Labute approximate surface area is 146 Å². The first-order valence-corrected chi connectivity index (χ1v) is 7.97. The number of rotatable bonds is 3. The van der Waals surface area contributed by atoms with E-state index in [4.69, 9.17) is 4.74 Å². The highest BCUT2D eigenvalue weighted by Gasteiger charge is 2.38. The normalized spacial score (nSPS) is 15.6. The van der Waals surface area contributed by atoms with Gasteiger partial charge in [-0.3, -0.25) is 4.79 Å². The second-order valence-electron chi connectivity index (χ2n) is 6.60. The van der Waals surface area contributed by atoms with Gasteiger partial charge < -0.3 is 20.1 Å². The van der Waals surface area contributed by atoms with Crippen LogP contribution in [0, 0.1) is 5.82 Å². The van der Waals surface area contributed by atoms with Crippen molar-refractivity contribution in [3.05, 3.63) is 41.7 Å². The summed E-state index contributed by atoms with van der Waals surface area (Å²) in [7, 11) is 3.16. The summed E-state index contributed by atoms with van der Waals surface area (Å²) in [6, 6.07) is 7.95. The Balaban J connectivity index is 2.25. The van der Waals surface area contributed by atoms with E-state index in [1.807, 2.05) is 26.0 Å². The predicted octanol–water partition coefficient (Wildman–Crippen LogP) is 3.16. The molecule has 2 N–H and O–H groups in total. The number of likely N-dealkylation sites (N-methyl/N-ethyl adjacent to an activating group) is 1. The Morgan fingerprint density at radius 3 is 2.56 bits per heavy atom. The summed E-state index contributed by atoms with van der Waals surface area (Å²) in [5.74, 6) is -0.134. The second kappa shape index (κ2) is 6.04. The number of benzene rings is 2. The molecule has 0 bridgehead atoms. The number of aliphatic hydroxyl groups is 1. The van der Waals surface area contributed by atoms with Crippen LogP contribution in [0.5, 0.6) is 5.75 Å². The number of nitrogens with one attached hydrogen (secondary N) is 1. The van der Waals surface area contributed by atoms with Crippen LogP contribution < -0.4 is 15.0 Å². The maximum absolute atomic E-state index is 13.5. The van der Waals surface area contributed by atoms with Crippen molar-refractivity contribution in [2.45, 2.75) is 26.0 Å². The van der Waals surface area contributed by atoms with Crippen LogP contribution in [0.15, 0.2) is 30.3 Å². The average Bonchev–Trinajstić information content (AvgIpc) is 2.58. The van der Waals surface area contributed by atoms with E-state index < -0.39 is 11.4 Å². The molecule has 0 saturated carbocycles. The van der Waals surface area contributed by atoms with Gasteiger partial charge in [0.2, 0.25) is 0 Å². The number of nitrogens with zero attached hydrogens (tertiary/aromatic N) is 1. The Hall–Kier alpha value is -2.60. The van der Waals surface area contributed by atoms with Crippen LogP contribution in [0.1, 0.15) is 19.4 Å². The lowest BCUT2D eigenvalue weighted by Gasteiger charge is -2.39. The van der Waals surface area contributed by atoms with Crippen molar-refractivity contribution >= 4 is 17.3 Å². The summed E-state index contributed by atoms with van der Waals surface area (Å²) >= 11 is 0. The zero-order valence-electron chi connectivity index (χ0n) is 14.7. The van der Waals surface area contributed by atoms with Crippen LogP contribution in [0.2, 0.25) is 0 Å². The summed E-state index contributed by atoms with van der Waals surface area (Å²) in [5.41, 5.74) is 2.59. The molecule has 0 aromatic heterocycles. The van der Waals surface area contributed by atoms with Crippen molar-refractivity contribution in [3.8, 4) is 16.9 Å². The summed E-state index contributed by atoms with van der Waals surface area (Å²) in [6.45, 7) is 3.35. The van der Waals surface area contributed by atoms with E-state index in [9.17, 15) is 14.3 Å². The van der Waals surface area contributed by atoms with E-state index in [2.05, 4.69) is 5.32 Å². The molecule has 0 radical (unpaired) electrons. The lowest BCUT2D eigenvalue weighted by atomic mass is 9.92. The van der Waals surface area contributed by atoms with Gasteiger partial charge in [-0.2, -0.15) is 0 Å². The number of ether oxygens (including phenoxy) is 1. The third kappa shape index (κ3) is 2.72. The Kier molecular flexibility index (Phi) is 4.16. The Morgan fingerprint density at radius 2 is 1.92 bits per heavy atom. The number of carbonyl (C=O) groups is 1. The van der Waals surface area contributed by atoms with Crippen LogP contribution in [0.25, 0.3) is 11.1 Å². The first kappa shape index (κ1) is 17.2. The van der Waals surface area contributed by atoms with Crippen molar-refractivity contribution in [2.24, 2.45) is 0 Å². The molecule has 6 heteroatoms. The van der Waals surface area contributed by atoms with Crippen molar-refractivity contribution in [2.75, 3.05) is 24.4 Å². The summed E-state index contributed by atoms with van der Waals surface area (Å²) in [4.78, 5) is 14.2. The lowest BCUT2D eigenvalue weighted by Crippen LogP contribution is -2.52. The molecule has 0 saturated heterocycles. The molecule has 5 nitrogen and oxygen atoms in total. The highest BCUT2D eigenvalue weighted by Crippen LogP contribution is 2.43. The minimum Gasteiger partial charge on any atom is -0.496 e. The standard InChI is InChI=1S/C19H21FN2O3/c1-19(2)18(24)22(3)17-14(10-23)12(7-8-15(17)21-19)13-6-5-11(20)9-16(13)25-4/h5-9,21,23H,10H2,1-4H3. The molecule has 132 valence electrons. The molecule has 0 unspecified atom stereocenters. The van der Waals surface area contributed by atoms with Crippen LogP contribution >= 0.6 is 0 Å². The average molecular weight is 344 g/mol. The van der Waals surface area contributed by atoms with Gasteiger partial charge in [-0.15, -0.1) is 0 Å². The maximum atomic E-state index is 13.5. The molecule has 0 atom stereocenters.